The summed E-state index contributed by atoms with van der Waals surface area (Å²) in [5.74, 6) is 0.229. The fraction of sp³-hybridized carbons (Fsp3) is 0.562. The highest BCUT2D eigenvalue weighted by Crippen LogP contribution is 2.44. The number of amides is 1. The Hall–Kier alpha value is -0.580. The maximum absolute atomic E-state index is 12.6. The van der Waals surface area contributed by atoms with Crippen molar-refractivity contribution in [1.29, 1.82) is 0 Å². The Morgan fingerprint density at radius 2 is 1.84 bits per heavy atom. The third-order valence-electron chi connectivity index (χ3n) is 4.74. The van der Waals surface area contributed by atoms with Gasteiger partial charge < -0.3 is 4.90 Å². The van der Waals surface area contributed by atoms with E-state index in [0.717, 1.165) is 22.2 Å². The van der Waals surface area contributed by atoms with Crippen LogP contribution in [-0.2, 0) is 0 Å². The zero-order valence-corrected chi connectivity index (χ0v) is 13.4. The minimum atomic E-state index is 0.229. The monoisotopic (exact) mass is 369 g/mol. The van der Waals surface area contributed by atoms with Gasteiger partial charge in [0.25, 0.3) is 5.91 Å². The van der Waals surface area contributed by atoms with Crippen molar-refractivity contribution in [3.05, 3.63) is 33.4 Å². The minimum absolute atomic E-state index is 0.229. The lowest BCUT2D eigenvalue weighted by molar-refractivity contribution is 0.0758. The second-order valence-corrected chi connectivity index (χ2v) is 7.18. The van der Waals surface area contributed by atoms with Crippen LogP contribution in [0.15, 0.2) is 24.3 Å². The van der Waals surface area contributed by atoms with Crippen molar-refractivity contribution in [1.82, 2.24) is 4.90 Å². The fourth-order valence-corrected chi connectivity index (χ4v) is 4.24. The molecule has 1 saturated carbocycles. The highest BCUT2D eigenvalue weighted by molar-refractivity contribution is 14.1. The van der Waals surface area contributed by atoms with Crippen molar-refractivity contribution in [2.24, 2.45) is 5.41 Å². The maximum Gasteiger partial charge on any atom is 0.254 e. The van der Waals surface area contributed by atoms with E-state index in [1.54, 1.807) is 0 Å². The van der Waals surface area contributed by atoms with Crippen molar-refractivity contribution in [3.63, 3.8) is 0 Å². The molecule has 1 spiro atoms. The summed E-state index contributed by atoms with van der Waals surface area (Å²) in [6.45, 7) is 1.93. The molecule has 1 amide bonds. The number of halogens is 1. The van der Waals surface area contributed by atoms with Crippen LogP contribution < -0.4 is 0 Å². The van der Waals surface area contributed by atoms with E-state index in [9.17, 15) is 4.79 Å². The number of carbonyl (C=O) groups excluding carboxylic acids is 1. The van der Waals surface area contributed by atoms with Crippen LogP contribution in [0.1, 0.15) is 48.9 Å². The number of likely N-dealkylation sites (tertiary alicyclic amines) is 1. The molecule has 1 heterocycles. The van der Waals surface area contributed by atoms with Gasteiger partial charge in [0.05, 0.1) is 5.56 Å². The molecule has 2 aliphatic rings. The smallest absolute Gasteiger partial charge is 0.254 e. The van der Waals surface area contributed by atoms with Crippen LogP contribution in [-0.4, -0.2) is 23.9 Å². The van der Waals surface area contributed by atoms with Crippen LogP contribution in [0.5, 0.6) is 0 Å². The van der Waals surface area contributed by atoms with Gasteiger partial charge in [-0.3, -0.25) is 4.79 Å². The van der Waals surface area contributed by atoms with Gasteiger partial charge in [0, 0.05) is 16.7 Å². The van der Waals surface area contributed by atoms with E-state index in [1.807, 2.05) is 24.3 Å². The molecule has 1 aliphatic heterocycles. The fourth-order valence-electron chi connectivity index (χ4n) is 3.62. The van der Waals surface area contributed by atoms with Crippen LogP contribution in [0.2, 0.25) is 0 Å². The summed E-state index contributed by atoms with van der Waals surface area (Å²) in [5.41, 5.74) is 1.32. The Labute approximate surface area is 128 Å². The van der Waals surface area contributed by atoms with E-state index in [0.29, 0.717) is 5.41 Å². The highest BCUT2D eigenvalue weighted by atomic mass is 127. The van der Waals surface area contributed by atoms with Crippen molar-refractivity contribution in [3.8, 4) is 0 Å². The molecule has 0 bridgehead atoms. The molecule has 2 nitrogen and oxygen atoms in total. The lowest BCUT2D eigenvalue weighted by Crippen LogP contribution is -2.33. The zero-order valence-electron chi connectivity index (χ0n) is 11.2. The van der Waals surface area contributed by atoms with Crippen molar-refractivity contribution in [2.45, 2.75) is 38.5 Å². The summed E-state index contributed by atoms with van der Waals surface area (Å²) in [5, 5.41) is 0. The molecule has 3 heteroatoms. The second kappa shape index (κ2) is 5.43. The molecule has 1 saturated heterocycles. The van der Waals surface area contributed by atoms with E-state index >= 15 is 0 Å². The van der Waals surface area contributed by atoms with Gasteiger partial charge in [0.1, 0.15) is 0 Å². The van der Waals surface area contributed by atoms with Crippen LogP contribution in [0.3, 0.4) is 0 Å². The molecular formula is C16H20INO. The number of hydrogen-bond acceptors (Lipinski definition) is 1. The molecule has 0 unspecified atom stereocenters. The Bertz CT molecular complexity index is 479. The Morgan fingerprint density at radius 3 is 2.58 bits per heavy atom. The van der Waals surface area contributed by atoms with Crippen LogP contribution >= 0.6 is 22.6 Å². The maximum atomic E-state index is 12.6. The molecule has 3 rings (SSSR count). The third-order valence-corrected chi connectivity index (χ3v) is 5.68. The van der Waals surface area contributed by atoms with Gasteiger partial charge in [-0.25, -0.2) is 0 Å². The molecular weight excluding hydrogens is 349 g/mol. The summed E-state index contributed by atoms with van der Waals surface area (Å²) in [4.78, 5) is 14.7. The third kappa shape index (κ3) is 2.67. The molecule has 2 fully saturated rings. The molecule has 102 valence electrons. The average molecular weight is 369 g/mol. The zero-order chi connectivity index (χ0) is 13.3. The van der Waals surface area contributed by atoms with E-state index in [4.69, 9.17) is 0 Å². The predicted molar refractivity (Wildman–Crippen MR) is 85.2 cm³/mol. The van der Waals surface area contributed by atoms with Crippen molar-refractivity contribution < 1.29 is 4.79 Å². The summed E-state index contributed by atoms with van der Waals surface area (Å²) in [6.07, 6.45) is 7.94. The molecule has 19 heavy (non-hydrogen) atoms. The molecule has 1 aliphatic carbocycles. The predicted octanol–water partition coefficient (Wildman–Crippen LogP) is 4.09. The van der Waals surface area contributed by atoms with Crippen LogP contribution in [0.25, 0.3) is 0 Å². The summed E-state index contributed by atoms with van der Waals surface area (Å²) in [6, 6.07) is 7.92. The van der Waals surface area contributed by atoms with Gasteiger partial charge in [-0.15, -0.1) is 0 Å². The topological polar surface area (TPSA) is 20.3 Å². The van der Waals surface area contributed by atoms with Gasteiger partial charge in [-0.05, 0) is 59.4 Å². The standard InChI is InChI=1S/C16H20INO/c17-14-7-3-2-6-13(14)15(19)18-11-10-16(12-18)8-4-1-5-9-16/h2-3,6-7H,1,4-5,8-12H2. The lowest BCUT2D eigenvalue weighted by atomic mass is 9.73. The van der Waals surface area contributed by atoms with Crippen molar-refractivity contribution in [2.75, 3.05) is 13.1 Å². The molecule has 0 N–H and O–H groups in total. The number of nitrogens with zero attached hydrogens (tertiary/aromatic N) is 1. The minimum Gasteiger partial charge on any atom is -0.338 e. The quantitative estimate of drug-likeness (QED) is 0.683. The van der Waals surface area contributed by atoms with E-state index in [2.05, 4.69) is 27.5 Å². The summed E-state index contributed by atoms with van der Waals surface area (Å²) < 4.78 is 1.06. The molecule has 0 atom stereocenters. The Morgan fingerprint density at radius 1 is 1.11 bits per heavy atom. The number of rotatable bonds is 1. The van der Waals surface area contributed by atoms with E-state index < -0.39 is 0 Å². The number of carbonyl (C=O) groups is 1. The number of benzene rings is 1. The van der Waals surface area contributed by atoms with E-state index in [-0.39, 0.29) is 5.91 Å². The first kappa shape index (κ1) is 13.4. The normalized spacial score (nSPS) is 21.8. The molecule has 1 aromatic rings. The average Bonchev–Trinajstić information content (AvgIpc) is 2.83. The second-order valence-electron chi connectivity index (χ2n) is 6.02. The largest absolute Gasteiger partial charge is 0.338 e. The first-order valence-corrected chi connectivity index (χ1v) is 8.32. The van der Waals surface area contributed by atoms with Gasteiger partial charge in [0.2, 0.25) is 0 Å². The SMILES string of the molecule is O=C(c1ccccc1I)N1CCC2(CCCCC2)C1. The Balaban J connectivity index is 1.74. The van der Waals surface area contributed by atoms with E-state index in [1.165, 1.54) is 38.5 Å². The molecule has 0 aromatic heterocycles. The summed E-state index contributed by atoms with van der Waals surface area (Å²) >= 11 is 2.26. The summed E-state index contributed by atoms with van der Waals surface area (Å²) in [7, 11) is 0. The highest BCUT2D eigenvalue weighted by Gasteiger charge is 2.40. The molecule has 0 radical (unpaired) electrons. The van der Waals surface area contributed by atoms with Gasteiger partial charge in [-0.1, -0.05) is 31.4 Å². The Kier molecular flexibility index (Phi) is 3.83. The lowest BCUT2D eigenvalue weighted by Gasteiger charge is -2.33. The van der Waals surface area contributed by atoms with Crippen LogP contribution in [0, 0.1) is 8.99 Å². The van der Waals surface area contributed by atoms with Crippen molar-refractivity contribution >= 4 is 28.5 Å². The first-order valence-electron chi connectivity index (χ1n) is 7.24. The van der Waals surface area contributed by atoms with Gasteiger partial charge in [0.15, 0.2) is 0 Å². The van der Waals surface area contributed by atoms with Gasteiger partial charge in [-0.2, -0.15) is 0 Å². The van der Waals surface area contributed by atoms with Crippen LogP contribution in [0.4, 0.5) is 0 Å². The van der Waals surface area contributed by atoms with Gasteiger partial charge >= 0.3 is 0 Å². The molecule has 1 aromatic carbocycles. The number of hydrogen-bond donors (Lipinski definition) is 0. The first-order chi connectivity index (χ1) is 9.20.